The predicted molar refractivity (Wildman–Crippen MR) is 118 cm³/mol. The quantitative estimate of drug-likeness (QED) is 0.561. The van der Waals surface area contributed by atoms with E-state index >= 15 is 0 Å². The normalized spacial score (nSPS) is 13.7. The Bertz CT molecular complexity index is 953. The van der Waals surface area contributed by atoms with Crippen molar-refractivity contribution >= 4 is 44.2 Å². The summed E-state index contributed by atoms with van der Waals surface area (Å²) in [4.78, 5) is 24.4. The Kier molecular flexibility index (Phi) is 8.52. The summed E-state index contributed by atoms with van der Waals surface area (Å²) in [6.07, 6.45) is 2.36. The van der Waals surface area contributed by atoms with Crippen molar-refractivity contribution in [2.75, 3.05) is 23.5 Å². The molecule has 0 aliphatic heterocycles. The Morgan fingerprint density at radius 3 is 2.48 bits per heavy atom. The van der Waals surface area contributed by atoms with Gasteiger partial charge in [-0.05, 0) is 41.2 Å². The van der Waals surface area contributed by atoms with E-state index in [2.05, 4.69) is 5.32 Å². The van der Waals surface area contributed by atoms with Crippen molar-refractivity contribution in [3.05, 3.63) is 48.0 Å². The molecule has 2 N–H and O–H groups in total. The lowest BCUT2D eigenvalue weighted by molar-refractivity contribution is -0.142. The van der Waals surface area contributed by atoms with Gasteiger partial charge < -0.3 is 10.4 Å². The van der Waals surface area contributed by atoms with Crippen molar-refractivity contribution in [3.8, 4) is 0 Å². The van der Waals surface area contributed by atoms with Gasteiger partial charge in [-0.2, -0.15) is 11.8 Å². The molecule has 0 spiro atoms. The molecule has 8 heteroatoms. The van der Waals surface area contributed by atoms with Crippen LogP contribution in [0.25, 0.3) is 10.8 Å². The molecular weight excluding hydrogens is 410 g/mol. The lowest BCUT2D eigenvalue weighted by atomic mass is 9.95. The second kappa shape index (κ2) is 10.6. The van der Waals surface area contributed by atoms with Crippen LogP contribution >= 0.6 is 11.8 Å². The summed E-state index contributed by atoms with van der Waals surface area (Å²) < 4.78 is 24.5. The number of fused-ring (bicyclic) bond motifs is 1. The van der Waals surface area contributed by atoms with Crippen LogP contribution in [0.3, 0.4) is 0 Å². The average Bonchev–Trinajstić information content (AvgIpc) is 2.70. The fraction of sp³-hybridized carbons (Fsp3) is 0.429. The first-order valence-electron chi connectivity index (χ1n) is 9.46. The summed E-state index contributed by atoms with van der Waals surface area (Å²) >= 11 is 1.49. The van der Waals surface area contributed by atoms with E-state index in [-0.39, 0.29) is 24.3 Å². The van der Waals surface area contributed by atoms with Crippen molar-refractivity contribution in [3.63, 3.8) is 0 Å². The summed E-state index contributed by atoms with van der Waals surface area (Å²) in [5.74, 6) is -2.31. The maximum atomic E-state index is 12.9. The number of hydrogen-bond donors (Lipinski definition) is 2. The number of carbonyl (C=O) groups excluding carboxylic acids is 1. The van der Waals surface area contributed by atoms with E-state index in [1.807, 2.05) is 48.7 Å². The summed E-state index contributed by atoms with van der Waals surface area (Å²) in [5.41, 5.74) is 0.866. The molecule has 2 atom stereocenters. The van der Waals surface area contributed by atoms with Crippen molar-refractivity contribution in [2.45, 2.75) is 25.8 Å². The van der Waals surface area contributed by atoms with Gasteiger partial charge >= 0.3 is 5.97 Å². The van der Waals surface area contributed by atoms with Crippen LogP contribution < -0.4 is 5.32 Å². The van der Waals surface area contributed by atoms with Gasteiger partial charge in [0, 0.05) is 5.75 Å². The van der Waals surface area contributed by atoms with Gasteiger partial charge in [0.25, 0.3) is 0 Å². The summed E-state index contributed by atoms with van der Waals surface area (Å²) in [6, 6.07) is 12.4. The van der Waals surface area contributed by atoms with E-state index < -0.39 is 33.7 Å². The molecule has 0 fully saturated rings. The van der Waals surface area contributed by atoms with E-state index in [9.17, 15) is 23.1 Å². The first kappa shape index (κ1) is 23.2. The molecule has 29 heavy (non-hydrogen) atoms. The summed E-state index contributed by atoms with van der Waals surface area (Å²) in [7, 11) is -3.42. The molecule has 0 aromatic heterocycles. The molecule has 0 bridgehead atoms. The van der Waals surface area contributed by atoms with Crippen LogP contribution in [-0.2, 0) is 25.8 Å². The lowest BCUT2D eigenvalue weighted by Crippen LogP contribution is -2.46. The second-order valence-electron chi connectivity index (χ2n) is 6.92. The maximum absolute atomic E-state index is 12.9. The molecule has 2 aromatic rings. The molecule has 158 valence electrons. The van der Waals surface area contributed by atoms with Crippen molar-refractivity contribution in [1.82, 2.24) is 5.32 Å². The Morgan fingerprint density at radius 2 is 1.83 bits per heavy atom. The number of hydrogen-bond acceptors (Lipinski definition) is 5. The van der Waals surface area contributed by atoms with Crippen LogP contribution in [0.1, 0.15) is 18.9 Å². The standard InChI is InChI=1S/C21H27NO5S2/c1-3-29(26,27)14-17(20(23)22-19(21(24)25)11-12-28-2)13-16-9-6-8-15-7-4-5-10-18(15)16/h4-10,17,19H,3,11-14H2,1-2H3,(H,22,23)(H,24,25)/t17-,19+/m1/s1. The van der Waals surface area contributed by atoms with Gasteiger partial charge in [0.1, 0.15) is 6.04 Å². The molecule has 1 amide bonds. The highest BCUT2D eigenvalue weighted by Gasteiger charge is 2.29. The first-order chi connectivity index (χ1) is 13.8. The van der Waals surface area contributed by atoms with Crippen LogP contribution in [0.2, 0.25) is 0 Å². The minimum absolute atomic E-state index is 0.0683. The van der Waals surface area contributed by atoms with E-state index in [1.165, 1.54) is 11.8 Å². The highest BCUT2D eigenvalue weighted by molar-refractivity contribution is 7.98. The largest absolute Gasteiger partial charge is 0.480 e. The number of carboxylic acids is 1. The Labute approximate surface area is 176 Å². The lowest BCUT2D eigenvalue weighted by Gasteiger charge is -2.21. The number of benzene rings is 2. The molecule has 2 aromatic carbocycles. The highest BCUT2D eigenvalue weighted by atomic mass is 32.2. The Morgan fingerprint density at radius 1 is 1.14 bits per heavy atom. The van der Waals surface area contributed by atoms with Crippen LogP contribution in [0.15, 0.2) is 42.5 Å². The minimum Gasteiger partial charge on any atom is -0.480 e. The van der Waals surface area contributed by atoms with Crippen LogP contribution in [0.5, 0.6) is 0 Å². The maximum Gasteiger partial charge on any atom is 0.326 e. The smallest absolute Gasteiger partial charge is 0.326 e. The number of nitrogens with one attached hydrogen (secondary N) is 1. The van der Waals surface area contributed by atoms with Gasteiger partial charge in [-0.15, -0.1) is 0 Å². The SMILES string of the molecule is CCS(=O)(=O)C[C@@H](Cc1cccc2ccccc12)C(=O)N[C@@H](CCSC)C(=O)O. The average molecular weight is 438 g/mol. The van der Waals surface area contributed by atoms with E-state index in [1.54, 1.807) is 6.92 Å². The van der Waals surface area contributed by atoms with Gasteiger partial charge in [0.15, 0.2) is 9.84 Å². The van der Waals surface area contributed by atoms with Gasteiger partial charge in [0.05, 0.1) is 11.7 Å². The molecule has 0 aliphatic rings. The van der Waals surface area contributed by atoms with Crippen molar-refractivity contribution < 1.29 is 23.1 Å². The Hall–Kier alpha value is -2.06. The minimum atomic E-state index is -3.42. The van der Waals surface area contributed by atoms with Crippen LogP contribution in [-0.4, -0.2) is 55.0 Å². The molecule has 0 radical (unpaired) electrons. The molecule has 6 nitrogen and oxygen atoms in total. The Balaban J connectivity index is 2.31. The fourth-order valence-electron chi connectivity index (χ4n) is 3.17. The number of thioether (sulfide) groups is 1. The third kappa shape index (κ3) is 6.75. The molecule has 2 rings (SSSR count). The van der Waals surface area contributed by atoms with E-state index in [4.69, 9.17) is 0 Å². The van der Waals surface area contributed by atoms with Gasteiger partial charge in [-0.3, -0.25) is 4.79 Å². The van der Waals surface area contributed by atoms with E-state index in [0.717, 1.165) is 16.3 Å². The third-order valence-corrected chi connectivity index (χ3v) is 7.27. The summed E-state index contributed by atoms with van der Waals surface area (Å²) in [6.45, 7) is 1.54. The second-order valence-corrected chi connectivity index (χ2v) is 10.3. The number of amides is 1. The molecule has 0 heterocycles. The summed E-state index contributed by atoms with van der Waals surface area (Å²) in [5, 5.41) is 13.9. The molecule has 0 saturated carbocycles. The third-order valence-electron chi connectivity index (χ3n) is 4.84. The fourth-order valence-corrected chi connectivity index (χ4v) is 4.76. The zero-order chi connectivity index (χ0) is 21.4. The molecule has 0 aliphatic carbocycles. The van der Waals surface area contributed by atoms with Crippen LogP contribution in [0, 0.1) is 5.92 Å². The number of carboxylic acid groups (broad SMARTS) is 1. The van der Waals surface area contributed by atoms with Crippen molar-refractivity contribution in [1.29, 1.82) is 0 Å². The van der Waals surface area contributed by atoms with Gasteiger partial charge in [-0.1, -0.05) is 49.4 Å². The zero-order valence-electron chi connectivity index (χ0n) is 16.6. The topological polar surface area (TPSA) is 101 Å². The van der Waals surface area contributed by atoms with Gasteiger partial charge in [0.2, 0.25) is 5.91 Å². The zero-order valence-corrected chi connectivity index (χ0v) is 18.3. The molecular formula is C21H27NO5S2. The number of carbonyl (C=O) groups is 2. The van der Waals surface area contributed by atoms with Crippen LogP contribution in [0.4, 0.5) is 0 Å². The predicted octanol–water partition coefficient (Wildman–Crippen LogP) is 2.76. The monoisotopic (exact) mass is 437 g/mol. The molecule has 0 unspecified atom stereocenters. The number of sulfone groups is 1. The highest BCUT2D eigenvalue weighted by Crippen LogP contribution is 2.22. The first-order valence-corrected chi connectivity index (χ1v) is 12.7. The molecule has 0 saturated heterocycles. The number of aliphatic carboxylic acids is 1. The number of rotatable bonds is 11. The van der Waals surface area contributed by atoms with E-state index in [0.29, 0.717) is 5.75 Å². The van der Waals surface area contributed by atoms with Crippen molar-refractivity contribution in [2.24, 2.45) is 5.92 Å². The van der Waals surface area contributed by atoms with Gasteiger partial charge in [-0.25, -0.2) is 13.2 Å².